The standard InChI is InChI=1S/C12H12Cl2N2O4/c1-3-19-11(15)5-7(13)10(18)6(8(14)9(5)17)12(16)20-4-2/h15-16H,3-4H2,1-2H3. The first-order valence-electron chi connectivity index (χ1n) is 5.69. The summed E-state index contributed by atoms with van der Waals surface area (Å²) < 4.78 is 9.73. The summed E-state index contributed by atoms with van der Waals surface area (Å²) in [5.41, 5.74) is -0.812. The molecule has 6 nitrogen and oxygen atoms in total. The molecule has 0 amide bonds. The number of carbonyl (C=O) groups excluding carboxylic acids is 2. The summed E-state index contributed by atoms with van der Waals surface area (Å²) in [4.78, 5) is 24.1. The number of hydrogen-bond donors (Lipinski definition) is 2. The fourth-order valence-corrected chi connectivity index (χ4v) is 2.02. The molecule has 0 saturated carbocycles. The predicted octanol–water partition coefficient (Wildman–Crippen LogP) is 2.15. The summed E-state index contributed by atoms with van der Waals surface area (Å²) >= 11 is 11.6. The molecule has 0 atom stereocenters. The van der Waals surface area contributed by atoms with Crippen LogP contribution in [0.2, 0.25) is 0 Å². The Bertz CT molecular complexity index is 514. The number of nitrogens with one attached hydrogen (secondary N) is 2. The summed E-state index contributed by atoms with van der Waals surface area (Å²) in [7, 11) is 0. The third-order valence-electron chi connectivity index (χ3n) is 2.32. The van der Waals surface area contributed by atoms with E-state index in [9.17, 15) is 9.59 Å². The number of halogens is 2. The number of rotatable bonds is 4. The molecule has 0 aromatic rings. The van der Waals surface area contributed by atoms with E-state index in [0.717, 1.165) is 0 Å². The average molecular weight is 319 g/mol. The van der Waals surface area contributed by atoms with Crippen molar-refractivity contribution >= 4 is 46.6 Å². The Balaban J connectivity index is 3.28. The van der Waals surface area contributed by atoms with Crippen LogP contribution in [-0.4, -0.2) is 36.6 Å². The van der Waals surface area contributed by atoms with Crippen LogP contribution >= 0.6 is 23.2 Å². The van der Waals surface area contributed by atoms with Gasteiger partial charge in [0, 0.05) is 0 Å². The van der Waals surface area contributed by atoms with Gasteiger partial charge in [-0.2, -0.15) is 0 Å². The predicted molar refractivity (Wildman–Crippen MR) is 74.5 cm³/mol. The van der Waals surface area contributed by atoms with Gasteiger partial charge in [-0.1, -0.05) is 23.2 Å². The Morgan fingerprint density at radius 2 is 1.20 bits per heavy atom. The first kappa shape index (κ1) is 16.4. The Kier molecular flexibility index (Phi) is 5.47. The third-order valence-corrected chi connectivity index (χ3v) is 3.04. The molecule has 0 aromatic heterocycles. The summed E-state index contributed by atoms with van der Waals surface area (Å²) in [6.45, 7) is 3.51. The van der Waals surface area contributed by atoms with E-state index in [2.05, 4.69) is 0 Å². The molecular weight excluding hydrogens is 307 g/mol. The number of hydrogen-bond acceptors (Lipinski definition) is 6. The van der Waals surface area contributed by atoms with Gasteiger partial charge in [0.25, 0.3) is 0 Å². The number of allylic oxidation sites excluding steroid dienone is 2. The second kappa shape index (κ2) is 6.67. The number of Topliss-reactive ketones (excluding diaryl/α,β-unsaturated/α-hetero) is 2. The van der Waals surface area contributed by atoms with Crippen molar-refractivity contribution in [3.63, 3.8) is 0 Å². The molecule has 0 heterocycles. The zero-order chi connectivity index (χ0) is 15.4. The molecule has 8 heteroatoms. The maximum Gasteiger partial charge on any atom is 0.218 e. The topological polar surface area (TPSA) is 100 Å². The van der Waals surface area contributed by atoms with Crippen LogP contribution in [0, 0.1) is 10.8 Å². The highest BCUT2D eigenvalue weighted by Gasteiger charge is 2.38. The molecular formula is C12H12Cl2N2O4. The highest BCUT2D eigenvalue weighted by atomic mass is 35.5. The van der Waals surface area contributed by atoms with Crippen molar-refractivity contribution in [1.82, 2.24) is 0 Å². The van der Waals surface area contributed by atoms with E-state index in [1.54, 1.807) is 13.8 Å². The van der Waals surface area contributed by atoms with Gasteiger partial charge >= 0.3 is 0 Å². The lowest BCUT2D eigenvalue weighted by molar-refractivity contribution is -0.115. The molecule has 0 bridgehead atoms. The first-order chi connectivity index (χ1) is 9.36. The van der Waals surface area contributed by atoms with Crippen LogP contribution in [-0.2, 0) is 19.1 Å². The van der Waals surface area contributed by atoms with Crippen LogP contribution in [0.4, 0.5) is 0 Å². The number of ketones is 2. The van der Waals surface area contributed by atoms with Crippen molar-refractivity contribution in [3.8, 4) is 0 Å². The smallest absolute Gasteiger partial charge is 0.218 e. The van der Waals surface area contributed by atoms with Gasteiger partial charge in [0.15, 0.2) is 0 Å². The quantitative estimate of drug-likeness (QED) is 0.471. The number of ether oxygens (including phenoxy) is 2. The van der Waals surface area contributed by atoms with Gasteiger partial charge in [0.05, 0.1) is 13.2 Å². The van der Waals surface area contributed by atoms with Gasteiger partial charge < -0.3 is 9.47 Å². The monoisotopic (exact) mass is 318 g/mol. The van der Waals surface area contributed by atoms with E-state index < -0.39 is 44.6 Å². The van der Waals surface area contributed by atoms with Crippen molar-refractivity contribution in [2.45, 2.75) is 13.8 Å². The lowest BCUT2D eigenvalue weighted by atomic mass is 9.96. The molecule has 0 aromatic carbocycles. The molecule has 0 radical (unpaired) electrons. The maximum absolute atomic E-state index is 12.1. The SMILES string of the molecule is CCOC(=N)C1=C(Cl)C(=O)C(C(=N)OCC)=C(Cl)C1=O. The van der Waals surface area contributed by atoms with Crippen LogP contribution in [0.25, 0.3) is 0 Å². The van der Waals surface area contributed by atoms with Crippen LogP contribution in [0.5, 0.6) is 0 Å². The van der Waals surface area contributed by atoms with Gasteiger partial charge in [0.1, 0.15) is 21.2 Å². The minimum atomic E-state index is -0.839. The van der Waals surface area contributed by atoms with Crippen molar-refractivity contribution in [3.05, 3.63) is 21.2 Å². The van der Waals surface area contributed by atoms with Crippen molar-refractivity contribution in [2.24, 2.45) is 0 Å². The Morgan fingerprint density at radius 3 is 1.45 bits per heavy atom. The van der Waals surface area contributed by atoms with Gasteiger partial charge in [-0.3, -0.25) is 20.4 Å². The average Bonchev–Trinajstić information content (AvgIpc) is 2.37. The normalized spacial score (nSPS) is 15.6. The van der Waals surface area contributed by atoms with E-state index in [0.29, 0.717) is 0 Å². The third kappa shape index (κ3) is 2.91. The molecule has 20 heavy (non-hydrogen) atoms. The van der Waals surface area contributed by atoms with Crippen LogP contribution in [0.3, 0.4) is 0 Å². The molecule has 1 rings (SSSR count). The van der Waals surface area contributed by atoms with E-state index in [1.807, 2.05) is 0 Å². The summed E-state index contributed by atoms with van der Waals surface area (Å²) in [6, 6.07) is 0. The van der Waals surface area contributed by atoms with Crippen LogP contribution in [0.1, 0.15) is 13.8 Å². The highest BCUT2D eigenvalue weighted by Crippen LogP contribution is 2.30. The van der Waals surface area contributed by atoms with E-state index in [4.69, 9.17) is 43.5 Å². The maximum atomic E-state index is 12.1. The molecule has 0 spiro atoms. The second-order valence-corrected chi connectivity index (χ2v) is 4.32. The molecule has 0 unspecified atom stereocenters. The molecule has 0 aliphatic heterocycles. The molecule has 108 valence electrons. The lowest BCUT2D eigenvalue weighted by Gasteiger charge is -2.18. The largest absolute Gasteiger partial charge is 0.478 e. The van der Waals surface area contributed by atoms with Crippen LogP contribution in [0.15, 0.2) is 21.2 Å². The van der Waals surface area contributed by atoms with Crippen molar-refractivity contribution in [2.75, 3.05) is 13.2 Å². The molecule has 2 N–H and O–H groups in total. The van der Waals surface area contributed by atoms with Gasteiger partial charge in [-0.15, -0.1) is 0 Å². The Hall–Kier alpha value is -1.66. The molecule has 0 saturated heterocycles. The van der Waals surface area contributed by atoms with Crippen molar-refractivity contribution < 1.29 is 19.1 Å². The molecule has 0 fully saturated rings. The molecule has 1 aliphatic rings. The Labute approximate surface area is 125 Å². The van der Waals surface area contributed by atoms with Gasteiger partial charge in [0.2, 0.25) is 23.4 Å². The van der Waals surface area contributed by atoms with Crippen LogP contribution < -0.4 is 0 Å². The highest BCUT2D eigenvalue weighted by molar-refractivity contribution is 6.61. The molecule has 1 aliphatic carbocycles. The minimum absolute atomic E-state index is 0.136. The van der Waals surface area contributed by atoms with E-state index in [-0.39, 0.29) is 13.2 Å². The zero-order valence-corrected chi connectivity index (χ0v) is 12.3. The number of carbonyl (C=O) groups is 2. The summed E-state index contributed by atoms with van der Waals surface area (Å²) in [6.07, 6.45) is 0. The Morgan fingerprint density at radius 1 is 0.900 bits per heavy atom. The summed E-state index contributed by atoms with van der Waals surface area (Å²) in [5.74, 6) is -2.74. The second-order valence-electron chi connectivity index (χ2n) is 3.56. The fourth-order valence-electron chi connectivity index (χ4n) is 1.48. The zero-order valence-electron chi connectivity index (χ0n) is 10.8. The lowest BCUT2D eigenvalue weighted by Crippen LogP contribution is -2.29. The minimum Gasteiger partial charge on any atom is -0.478 e. The van der Waals surface area contributed by atoms with Gasteiger partial charge in [-0.05, 0) is 13.8 Å². The van der Waals surface area contributed by atoms with Crippen molar-refractivity contribution in [1.29, 1.82) is 10.8 Å². The first-order valence-corrected chi connectivity index (χ1v) is 6.44. The summed E-state index contributed by atoms with van der Waals surface area (Å²) in [5, 5.41) is 14.1. The van der Waals surface area contributed by atoms with Gasteiger partial charge in [-0.25, -0.2) is 0 Å². The fraction of sp³-hybridized carbons (Fsp3) is 0.333. The van der Waals surface area contributed by atoms with E-state index >= 15 is 0 Å². The van der Waals surface area contributed by atoms with E-state index in [1.165, 1.54) is 0 Å².